The van der Waals surface area contributed by atoms with Crippen LogP contribution in [0.4, 0.5) is 10.1 Å². The topological polar surface area (TPSA) is 61.4 Å². The van der Waals surface area contributed by atoms with Gasteiger partial charge in [0.15, 0.2) is 0 Å². The molecule has 2 N–H and O–H groups in total. The number of amides is 2. The predicted molar refractivity (Wildman–Crippen MR) is 88.8 cm³/mol. The van der Waals surface area contributed by atoms with E-state index in [4.69, 9.17) is 0 Å². The van der Waals surface area contributed by atoms with Crippen molar-refractivity contribution in [2.45, 2.75) is 6.04 Å². The molecule has 1 aromatic heterocycles. The maximum atomic E-state index is 13.5. The van der Waals surface area contributed by atoms with Gasteiger partial charge in [-0.1, -0.05) is 12.1 Å². The number of para-hydroxylation sites is 1. The van der Waals surface area contributed by atoms with Crippen molar-refractivity contribution in [2.75, 3.05) is 26.0 Å². The summed E-state index contributed by atoms with van der Waals surface area (Å²) in [6, 6.07) is 7.64. The molecular weight excluding hydrogens is 317 g/mol. The minimum absolute atomic E-state index is 0.0188. The van der Waals surface area contributed by atoms with Crippen molar-refractivity contribution in [3.05, 3.63) is 52.5 Å². The van der Waals surface area contributed by atoms with Crippen molar-refractivity contribution in [3.8, 4) is 0 Å². The third-order valence-electron chi connectivity index (χ3n) is 3.34. The van der Waals surface area contributed by atoms with Crippen LogP contribution in [-0.2, 0) is 9.59 Å². The van der Waals surface area contributed by atoms with Crippen molar-refractivity contribution < 1.29 is 14.0 Å². The Morgan fingerprint density at radius 3 is 2.57 bits per heavy atom. The van der Waals surface area contributed by atoms with Gasteiger partial charge in [0.1, 0.15) is 5.82 Å². The van der Waals surface area contributed by atoms with E-state index in [2.05, 4.69) is 10.6 Å². The normalized spacial score (nSPS) is 12.0. The Labute approximate surface area is 138 Å². The number of hydrogen-bond donors (Lipinski definition) is 2. The van der Waals surface area contributed by atoms with E-state index in [1.54, 1.807) is 17.4 Å². The van der Waals surface area contributed by atoms with Crippen LogP contribution in [0.2, 0.25) is 0 Å². The number of nitrogens with one attached hydrogen (secondary N) is 2. The lowest BCUT2D eigenvalue weighted by Gasteiger charge is -2.23. The molecule has 0 radical (unpaired) electrons. The van der Waals surface area contributed by atoms with Gasteiger partial charge in [0.25, 0.3) is 0 Å². The quantitative estimate of drug-likeness (QED) is 0.824. The van der Waals surface area contributed by atoms with Gasteiger partial charge in [-0.15, -0.1) is 0 Å². The summed E-state index contributed by atoms with van der Waals surface area (Å²) < 4.78 is 13.5. The highest BCUT2D eigenvalue weighted by atomic mass is 32.1. The Hall–Kier alpha value is -2.25. The number of rotatable bonds is 5. The van der Waals surface area contributed by atoms with Crippen LogP contribution in [0, 0.1) is 5.82 Å². The van der Waals surface area contributed by atoms with E-state index < -0.39 is 17.6 Å². The predicted octanol–water partition coefficient (Wildman–Crippen LogP) is 2.24. The zero-order valence-corrected chi connectivity index (χ0v) is 13.7. The first kappa shape index (κ1) is 17.1. The molecule has 2 amide bonds. The van der Waals surface area contributed by atoms with Crippen molar-refractivity contribution in [2.24, 2.45) is 0 Å². The molecule has 2 rings (SSSR count). The number of nitrogens with zero attached hydrogens (tertiary/aromatic N) is 1. The third-order valence-corrected chi connectivity index (χ3v) is 4.04. The summed E-state index contributed by atoms with van der Waals surface area (Å²) in [7, 11) is 3.79. The molecule has 0 saturated heterocycles. The average Bonchev–Trinajstić information content (AvgIpc) is 3.03. The maximum absolute atomic E-state index is 13.5. The number of anilines is 1. The summed E-state index contributed by atoms with van der Waals surface area (Å²) >= 11 is 1.57. The highest BCUT2D eigenvalue weighted by molar-refractivity contribution is 7.07. The molecule has 1 atom stereocenters. The molecule has 1 heterocycles. The third kappa shape index (κ3) is 4.61. The van der Waals surface area contributed by atoms with Crippen molar-refractivity contribution in [1.82, 2.24) is 10.2 Å². The molecular formula is C16H18FN3O2S. The molecule has 0 aliphatic rings. The molecule has 0 aliphatic carbocycles. The van der Waals surface area contributed by atoms with Gasteiger partial charge in [0.2, 0.25) is 0 Å². The van der Waals surface area contributed by atoms with Gasteiger partial charge < -0.3 is 15.5 Å². The molecule has 0 saturated carbocycles. The van der Waals surface area contributed by atoms with E-state index in [1.165, 1.54) is 18.2 Å². The van der Waals surface area contributed by atoms with Gasteiger partial charge >= 0.3 is 11.8 Å². The lowest BCUT2D eigenvalue weighted by molar-refractivity contribution is -0.136. The summed E-state index contributed by atoms with van der Waals surface area (Å²) in [5.74, 6) is -2.27. The summed E-state index contributed by atoms with van der Waals surface area (Å²) in [4.78, 5) is 25.7. The molecule has 1 aromatic carbocycles. The Balaban J connectivity index is 1.93. The molecule has 0 fully saturated rings. The minimum Gasteiger partial charge on any atom is -0.346 e. The fraction of sp³-hybridized carbons (Fsp3) is 0.250. The first-order valence-corrected chi connectivity index (χ1v) is 7.95. The molecule has 2 aromatic rings. The first-order valence-electron chi connectivity index (χ1n) is 7.01. The van der Waals surface area contributed by atoms with Crippen molar-refractivity contribution in [3.63, 3.8) is 0 Å². The standard InChI is InChI=1S/C16H18FN3O2S/c1-20(2)14(11-7-8-23-10-11)9-18-15(21)16(22)19-13-6-4-3-5-12(13)17/h3-8,10,14H,9H2,1-2H3,(H,18,21)(H,19,22)/t14-/m1/s1. The monoisotopic (exact) mass is 335 g/mol. The van der Waals surface area contributed by atoms with Crippen LogP contribution >= 0.6 is 11.3 Å². The number of halogens is 1. The molecule has 0 aliphatic heterocycles. The zero-order valence-electron chi connectivity index (χ0n) is 12.9. The molecule has 7 heteroatoms. The first-order chi connectivity index (χ1) is 11.0. The largest absolute Gasteiger partial charge is 0.346 e. The molecule has 122 valence electrons. The summed E-state index contributed by atoms with van der Waals surface area (Å²) in [6.45, 7) is 0.285. The minimum atomic E-state index is -0.891. The second kappa shape index (κ2) is 7.85. The Morgan fingerprint density at radius 2 is 1.96 bits per heavy atom. The van der Waals surface area contributed by atoms with Crippen LogP contribution in [-0.4, -0.2) is 37.4 Å². The lowest BCUT2D eigenvalue weighted by atomic mass is 10.1. The van der Waals surface area contributed by atoms with Crippen LogP contribution in [0.5, 0.6) is 0 Å². The maximum Gasteiger partial charge on any atom is 0.313 e. The summed E-state index contributed by atoms with van der Waals surface area (Å²) in [6.07, 6.45) is 0. The van der Waals surface area contributed by atoms with Gasteiger partial charge in [-0.3, -0.25) is 9.59 Å². The van der Waals surface area contributed by atoms with Crippen molar-refractivity contribution >= 4 is 28.8 Å². The highest BCUT2D eigenvalue weighted by Crippen LogP contribution is 2.20. The highest BCUT2D eigenvalue weighted by Gasteiger charge is 2.19. The fourth-order valence-corrected chi connectivity index (χ4v) is 2.78. The molecule has 23 heavy (non-hydrogen) atoms. The lowest BCUT2D eigenvalue weighted by Crippen LogP contribution is -2.40. The molecule has 5 nitrogen and oxygen atoms in total. The van der Waals surface area contributed by atoms with E-state index in [-0.39, 0.29) is 18.3 Å². The van der Waals surface area contributed by atoms with E-state index in [0.29, 0.717) is 0 Å². The van der Waals surface area contributed by atoms with E-state index in [9.17, 15) is 14.0 Å². The average molecular weight is 335 g/mol. The molecule has 0 spiro atoms. The van der Waals surface area contributed by atoms with Crippen LogP contribution in [0.3, 0.4) is 0 Å². The van der Waals surface area contributed by atoms with E-state index in [0.717, 1.165) is 5.56 Å². The van der Waals surface area contributed by atoms with Crippen molar-refractivity contribution in [1.29, 1.82) is 0 Å². The Kier molecular flexibility index (Phi) is 5.84. The number of hydrogen-bond acceptors (Lipinski definition) is 4. The van der Waals surface area contributed by atoms with Gasteiger partial charge in [0.05, 0.1) is 11.7 Å². The van der Waals surface area contributed by atoms with Crippen LogP contribution in [0.25, 0.3) is 0 Å². The number of carbonyl (C=O) groups is 2. The van der Waals surface area contributed by atoms with Gasteiger partial charge in [0, 0.05) is 6.54 Å². The summed E-state index contributed by atoms with van der Waals surface area (Å²) in [5, 5.41) is 8.79. The number of carbonyl (C=O) groups excluding carboxylic acids is 2. The number of likely N-dealkylation sites (N-methyl/N-ethyl adjacent to an activating group) is 1. The second-order valence-electron chi connectivity index (χ2n) is 5.18. The smallest absolute Gasteiger partial charge is 0.313 e. The van der Waals surface area contributed by atoms with Crippen LogP contribution in [0.15, 0.2) is 41.1 Å². The zero-order chi connectivity index (χ0) is 16.8. The fourth-order valence-electron chi connectivity index (χ4n) is 2.07. The summed E-state index contributed by atoms with van der Waals surface area (Å²) in [5.41, 5.74) is 1.05. The van der Waals surface area contributed by atoms with Crippen LogP contribution in [0.1, 0.15) is 11.6 Å². The van der Waals surface area contributed by atoms with Gasteiger partial charge in [-0.25, -0.2) is 4.39 Å². The van der Waals surface area contributed by atoms with Gasteiger partial charge in [-0.2, -0.15) is 11.3 Å². The molecule has 0 bridgehead atoms. The number of benzene rings is 1. The Morgan fingerprint density at radius 1 is 1.22 bits per heavy atom. The van der Waals surface area contributed by atoms with E-state index >= 15 is 0 Å². The van der Waals surface area contributed by atoms with Gasteiger partial charge in [-0.05, 0) is 48.6 Å². The Bertz CT molecular complexity index is 674. The second-order valence-corrected chi connectivity index (χ2v) is 5.96. The molecule has 0 unspecified atom stereocenters. The van der Waals surface area contributed by atoms with Crippen LogP contribution < -0.4 is 10.6 Å². The number of thiophene rings is 1. The van der Waals surface area contributed by atoms with E-state index in [1.807, 2.05) is 35.8 Å². The SMILES string of the molecule is CN(C)[C@H](CNC(=O)C(=O)Nc1ccccc1F)c1ccsc1.